The highest BCUT2D eigenvalue weighted by Crippen LogP contribution is 2.16. The third-order valence-electron chi connectivity index (χ3n) is 13.6. The van der Waals surface area contributed by atoms with Crippen molar-refractivity contribution < 1.29 is 28.6 Å². The van der Waals surface area contributed by atoms with Crippen LogP contribution >= 0.6 is 0 Å². The van der Waals surface area contributed by atoms with Crippen LogP contribution < -0.4 is 0 Å². The Morgan fingerprint density at radius 3 is 0.840 bits per heavy atom. The van der Waals surface area contributed by atoms with E-state index in [-0.39, 0.29) is 31.1 Å². The van der Waals surface area contributed by atoms with E-state index in [2.05, 4.69) is 118 Å². The van der Waals surface area contributed by atoms with Crippen LogP contribution in [0.15, 0.2) is 97.2 Å². The molecule has 0 N–H and O–H groups in total. The molecule has 6 nitrogen and oxygen atoms in total. The highest BCUT2D eigenvalue weighted by molar-refractivity contribution is 5.71. The minimum Gasteiger partial charge on any atom is -0.462 e. The van der Waals surface area contributed by atoms with E-state index in [1.54, 1.807) is 0 Å². The lowest BCUT2D eigenvalue weighted by molar-refractivity contribution is -0.167. The lowest BCUT2D eigenvalue weighted by atomic mass is 10.0. The molecule has 0 spiro atoms. The van der Waals surface area contributed by atoms with Gasteiger partial charge in [0.1, 0.15) is 13.2 Å². The van der Waals surface area contributed by atoms with Crippen LogP contribution in [0.4, 0.5) is 0 Å². The molecular formula is C69H118O6. The summed E-state index contributed by atoms with van der Waals surface area (Å²) in [4.78, 5) is 38.3. The molecule has 0 rings (SSSR count). The topological polar surface area (TPSA) is 78.9 Å². The van der Waals surface area contributed by atoms with E-state index in [4.69, 9.17) is 14.2 Å². The second kappa shape index (κ2) is 62.9. The Labute approximate surface area is 464 Å². The first kappa shape index (κ1) is 71.3. The summed E-state index contributed by atoms with van der Waals surface area (Å²) in [5.74, 6) is -0.930. The molecule has 1 unspecified atom stereocenters. The van der Waals surface area contributed by atoms with Gasteiger partial charge in [-0.05, 0) is 103 Å². The first-order valence-corrected chi connectivity index (χ1v) is 31.7. The van der Waals surface area contributed by atoms with Crippen molar-refractivity contribution >= 4 is 17.9 Å². The van der Waals surface area contributed by atoms with Crippen LogP contribution in [-0.2, 0) is 28.6 Å². The van der Waals surface area contributed by atoms with Gasteiger partial charge in [0.2, 0.25) is 0 Å². The molecule has 0 amide bonds. The maximum atomic E-state index is 12.9. The molecule has 0 aromatic carbocycles. The summed E-state index contributed by atoms with van der Waals surface area (Å²) in [6.45, 7) is 6.51. The van der Waals surface area contributed by atoms with Gasteiger partial charge in [0.25, 0.3) is 0 Å². The molecule has 430 valence electrons. The van der Waals surface area contributed by atoms with Gasteiger partial charge in [-0.15, -0.1) is 0 Å². The first-order chi connectivity index (χ1) is 37.0. The zero-order chi connectivity index (χ0) is 54.3. The number of carbonyl (C=O) groups is 3. The molecule has 0 aromatic rings. The predicted molar refractivity (Wildman–Crippen MR) is 325 cm³/mol. The van der Waals surface area contributed by atoms with Crippen LogP contribution in [0, 0.1) is 0 Å². The minimum atomic E-state index is -0.799. The molecule has 1 atom stereocenters. The molecule has 0 saturated carbocycles. The molecule has 0 saturated heterocycles. The fourth-order valence-corrected chi connectivity index (χ4v) is 8.83. The van der Waals surface area contributed by atoms with E-state index in [0.29, 0.717) is 19.3 Å². The summed E-state index contributed by atoms with van der Waals surface area (Å²) < 4.78 is 16.9. The smallest absolute Gasteiger partial charge is 0.306 e. The van der Waals surface area contributed by atoms with Crippen molar-refractivity contribution in [3.63, 3.8) is 0 Å². The van der Waals surface area contributed by atoms with Crippen molar-refractivity contribution in [2.45, 2.75) is 309 Å². The van der Waals surface area contributed by atoms with E-state index in [1.165, 1.54) is 161 Å². The average molecular weight is 1040 g/mol. The minimum absolute atomic E-state index is 0.0911. The van der Waals surface area contributed by atoms with Crippen LogP contribution in [0.2, 0.25) is 0 Å². The maximum Gasteiger partial charge on any atom is 0.306 e. The molecule has 0 heterocycles. The number of unbranched alkanes of at least 4 members (excludes halogenated alkanes) is 30. The zero-order valence-corrected chi connectivity index (χ0v) is 49.3. The van der Waals surface area contributed by atoms with Gasteiger partial charge < -0.3 is 14.2 Å². The second-order valence-electron chi connectivity index (χ2n) is 20.9. The van der Waals surface area contributed by atoms with Crippen molar-refractivity contribution in [1.29, 1.82) is 0 Å². The van der Waals surface area contributed by atoms with Gasteiger partial charge in [0, 0.05) is 19.3 Å². The third-order valence-corrected chi connectivity index (χ3v) is 13.6. The van der Waals surface area contributed by atoms with Crippen molar-refractivity contribution in [2.24, 2.45) is 0 Å². The number of hydrogen-bond donors (Lipinski definition) is 0. The van der Waals surface area contributed by atoms with Crippen LogP contribution in [0.25, 0.3) is 0 Å². The quantitative estimate of drug-likeness (QED) is 0.0261. The summed E-state index contributed by atoms with van der Waals surface area (Å²) in [6, 6.07) is 0. The van der Waals surface area contributed by atoms with Gasteiger partial charge in [-0.25, -0.2) is 0 Å². The Morgan fingerprint density at radius 1 is 0.280 bits per heavy atom. The first-order valence-electron chi connectivity index (χ1n) is 31.7. The van der Waals surface area contributed by atoms with Crippen LogP contribution in [-0.4, -0.2) is 37.2 Å². The van der Waals surface area contributed by atoms with E-state index < -0.39 is 6.10 Å². The van der Waals surface area contributed by atoms with Gasteiger partial charge in [0.05, 0.1) is 0 Å². The van der Waals surface area contributed by atoms with Crippen molar-refractivity contribution in [1.82, 2.24) is 0 Å². The second-order valence-corrected chi connectivity index (χ2v) is 20.9. The van der Waals surface area contributed by atoms with Gasteiger partial charge in [0.15, 0.2) is 6.10 Å². The van der Waals surface area contributed by atoms with Gasteiger partial charge >= 0.3 is 17.9 Å². The Balaban J connectivity index is 4.45. The molecule has 0 aliphatic heterocycles. The molecular weight excluding hydrogens is 925 g/mol. The fourth-order valence-electron chi connectivity index (χ4n) is 8.83. The molecule has 0 aliphatic rings. The van der Waals surface area contributed by atoms with Gasteiger partial charge in [-0.1, -0.05) is 279 Å². The monoisotopic (exact) mass is 1040 g/mol. The summed E-state index contributed by atoms with van der Waals surface area (Å²) in [5.41, 5.74) is 0. The summed E-state index contributed by atoms with van der Waals surface area (Å²) >= 11 is 0. The molecule has 0 aliphatic carbocycles. The molecule has 0 radical (unpaired) electrons. The normalized spacial score (nSPS) is 12.7. The fraction of sp³-hybridized carbons (Fsp3) is 0.725. The molecule has 6 heteroatoms. The SMILES string of the molecule is CC/C=C\C/C=C\C/C=C\C/C=C\C/C=C\C/C=C\CCCCC(=O)OCC(COC(=O)CCCCCCCCCCCCCCCCC)OC(=O)CCCCCCCCCCC/C=C\C/C=C\CCCCCCC. The number of rotatable bonds is 57. The van der Waals surface area contributed by atoms with Crippen molar-refractivity contribution in [3.05, 3.63) is 97.2 Å². The standard InChI is InChI=1S/C69H118O6/c1-4-7-10-13-16-19-22-25-28-30-32-34-36-38-41-44-47-50-53-56-59-62-68(71)74-65-66(64-73-67(70)61-58-55-52-49-46-43-40-27-24-21-18-15-12-9-6-3)75-69(72)63-60-57-54-51-48-45-42-39-37-35-33-31-29-26-23-20-17-14-11-8-5-2/h7,10,16,19,23,25-26,28,31-34,38,41,47,50,66H,4-6,8-9,11-15,17-18,20-22,24,27,29-30,35-37,39-40,42-46,48-49,51-65H2,1-3H3/b10-7-,19-16-,26-23-,28-25-,33-31-,34-32-,41-38-,50-47-. The summed E-state index contributed by atoms with van der Waals surface area (Å²) in [6.07, 6.45) is 84.0. The van der Waals surface area contributed by atoms with E-state index in [0.717, 1.165) is 103 Å². The van der Waals surface area contributed by atoms with Crippen molar-refractivity contribution in [3.8, 4) is 0 Å². The Bertz CT molecular complexity index is 1480. The summed E-state index contributed by atoms with van der Waals surface area (Å²) in [5, 5.41) is 0. The Kier molecular flexibility index (Phi) is 59.8. The molecule has 0 fully saturated rings. The Morgan fingerprint density at radius 2 is 0.520 bits per heavy atom. The van der Waals surface area contributed by atoms with Crippen molar-refractivity contribution in [2.75, 3.05) is 13.2 Å². The number of hydrogen-bond acceptors (Lipinski definition) is 6. The predicted octanol–water partition coefficient (Wildman–Crippen LogP) is 21.7. The molecule has 0 bridgehead atoms. The number of allylic oxidation sites excluding steroid dienone is 16. The molecule has 75 heavy (non-hydrogen) atoms. The van der Waals surface area contributed by atoms with Crippen LogP contribution in [0.5, 0.6) is 0 Å². The van der Waals surface area contributed by atoms with Gasteiger partial charge in [-0.2, -0.15) is 0 Å². The largest absolute Gasteiger partial charge is 0.462 e. The third kappa shape index (κ3) is 61.1. The molecule has 0 aromatic heterocycles. The van der Waals surface area contributed by atoms with Crippen LogP contribution in [0.3, 0.4) is 0 Å². The van der Waals surface area contributed by atoms with E-state index in [1.807, 2.05) is 0 Å². The summed E-state index contributed by atoms with van der Waals surface area (Å²) in [7, 11) is 0. The average Bonchev–Trinajstić information content (AvgIpc) is 3.41. The van der Waals surface area contributed by atoms with E-state index in [9.17, 15) is 14.4 Å². The van der Waals surface area contributed by atoms with Crippen LogP contribution in [0.1, 0.15) is 303 Å². The maximum absolute atomic E-state index is 12.9. The lowest BCUT2D eigenvalue weighted by Crippen LogP contribution is -2.30. The van der Waals surface area contributed by atoms with E-state index >= 15 is 0 Å². The highest BCUT2D eigenvalue weighted by atomic mass is 16.6. The number of carbonyl (C=O) groups excluding carboxylic acids is 3. The zero-order valence-electron chi connectivity index (χ0n) is 49.3. The number of esters is 3. The Hall–Kier alpha value is -3.67. The lowest BCUT2D eigenvalue weighted by Gasteiger charge is -2.18. The number of ether oxygens (including phenoxy) is 3. The highest BCUT2D eigenvalue weighted by Gasteiger charge is 2.19. The van der Waals surface area contributed by atoms with Gasteiger partial charge in [-0.3, -0.25) is 14.4 Å².